The number of aromatic nitrogens is 3. The van der Waals surface area contributed by atoms with Crippen molar-refractivity contribution < 1.29 is 4.74 Å². The lowest BCUT2D eigenvalue weighted by atomic mass is 9.79. The van der Waals surface area contributed by atoms with Gasteiger partial charge in [0.05, 0.1) is 20.2 Å². The van der Waals surface area contributed by atoms with Crippen molar-refractivity contribution in [1.82, 2.24) is 25.4 Å². The average molecular weight is 411 g/mol. The molecule has 0 bridgehead atoms. The lowest BCUT2D eigenvalue weighted by Gasteiger charge is -2.30. The number of aryl methyl sites for hydroxylation is 2. The monoisotopic (exact) mass is 410 g/mol. The summed E-state index contributed by atoms with van der Waals surface area (Å²) < 4.78 is 7.52. The number of fused-ring (bicyclic) bond motifs is 1. The standard InChI is InChI=1S/C23H34N6O/c1-4-24-22(27-19-10-11-21-26-17(2)28-29(21)15-19)25-16-23(12-5-6-13-23)18-8-7-9-20(14-18)30-3/h7-9,14,19H,4-6,10-13,15-16H2,1-3H3,(H2,24,25,27). The van der Waals surface area contributed by atoms with Gasteiger partial charge < -0.3 is 15.4 Å². The van der Waals surface area contributed by atoms with E-state index >= 15 is 0 Å². The van der Waals surface area contributed by atoms with Gasteiger partial charge in [-0.1, -0.05) is 25.0 Å². The lowest BCUT2D eigenvalue weighted by Crippen LogP contribution is -2.47. The summed E-state index contributed by atoms with van der Waals surface area (Å²) in [6, 6.07) is 8.86. The highest BCUT2D eigenvalue weighted by molar-refractivity contribution is 5.80. The normalized spacial score (nSPS) is 20.6. The van der Waals surface area contributed by atoms with Crippen LogP contribution in [0.15, 0.2) is 29.3 Å². The highest BCUT2D eigenvalue weighted by atomic mass is 16.5. The fraction of sp³-hybridized carbons (Fsp3) is 0.609. The molecule has 7 nitrogen and oxygen atoms in total. The Kier molecular flexibility index (Phi) is 6.25. The van der Waals surface area contributed by atoms with Gasteiger partial charge in [-0.3, -0.25) is 4.99 Å². The Bertz CT molecular complexity index is 884. The van der Waals surface area contributed by atoms with E-state index in [0.29, 0.717) is 6.04 Å². The summed E-state index contributed by atoms with van der Waals surface area (Å²) in [4.78, 5) is 9.58. The number of hydrogen-bond donors (Lipinski definition) is 2. The van der Waals surface area contributed by atoms with Crippen molar-refractivity contribution in [3.8, 4) is 5.75 Å². The second-order valence-corrected chi connectivity index (χ2v) is 8.55. The zero-order valence-corrected chi connectivity index (χ0v) is 18.4. The molecule has 2 aromatic rings. The molecule has 30 heavy (non-hydrogen) atoms. The molecule has 1 unspecified atom stereocenters. The third kappa shape index (κ3) is 4.45. The molecule has 7 heteroatoms. The first-order valence-electron chi connectivity index (χ1n) is 11.2. The number of benzene rings is 1. The minimum Gasteiger partial charge on any atom is -0.497 e. The van der Waals surface area contributed by atoms with Crippen LogP contribution in [0.3, 0.4) is 0 Å². The van der Waals surface area contributed by atoms with Gasteiger partial charge in [0.25, 0.3) is 0 Å². The molecule has 1 aliphatic carbocycles. The van der Waals surface area contributed by atoms with E-state index in [0.717, 1.165) is 55.8 Å². The molecule has 4 rings (SSSR count). The van der Waals surface area contributed by atoms with Gasteiger partial charge in [-0.15, -0.1) is 0 Å². The molecule has 1 fully saturated rings. The zero-order valence-electron chi connectivity index (χ0n) is 18.4. The van der Waals surface area contributed by atoms with E-state index in [1.165, 1.54) is 31.2 Å². The van der Waals surface area contributed by atoms with Gasteiger partial charge in [0.1, 0.15) is 17.4 Å². The Morgan fingerprint density at radius 1 is 1.33 bits per heavy atom. The van der Waals surface area contributed by atoms with Crippen LogP contribution in [0.2, 0.25) is 0 Å². The van der Waals surface area contributed by atoms with E-state index in [-0.39, 0.29) is 5.41 Å². The smallest absolute Gasteiger partial charge is 0.191 e. The van der Waals surface area contributed by atoms with Gasteiger partial charge in [0.2, 0.25) is 0 Å². The Hall–Kier alpha value is -2.57. The second-order valence-electron chi connectivity index (χ2n) is 8.55. The predicted molar refractivity (Wildman–Crippen MR) is 119 cm³/mol. The number of ether oxygens (including phenoxy) is 1. The Morgan fingerprint density at radius 2 is 2.17 bits per heavy atom. The van der Waals surface area contributed by atoms with Crippen LogP contribution in [0.1, 0.15) is 56.2 Å². The quantitative estimate of drug-likeness (QED) is 0.566. The lowest BCUT2D eigenvalue weighted by molar-refractivity contribution is 0.390. The molecule has 1 aromatic heterocycles. The molecule has 2 N–H and O–H groups in total. The average Bonchev–Trinajstić information content (AvgIpc) is 3.38. The van der Waals surface area contributed by atoms with Gasteiger partial charge in [0.15, 0.2) is 5.96 Å². The van der Waals surface area contributed by atoms with Crippen molar-refractivity contribution in [2.75, 3.05) is 20.2 Å². The molecule has 2 aliphatic rings. The third-order valence-electron chi connectivity index (χ3n) is 6.43. The SMILES string of the molecule is CCNC(=NCC1(c2cccc(OC)c2)CCCC1)NC1CCc2nc(C)nn2C1. The maximum atomic E-state index is 5.48. The molecule has 1 saturated carbocycles. The highest BCUT2D eigenvalue weighted by Crippen LogP contribution is 2.42. The number of methoxy groups -OCH3 is 1. The minimum absolute atomic E-state index is 0.0969. The third-order valence-corrected chi connectivity index (χ3v) is 6.43. The summed E-state index contributed by atoms with van der Waals surface area (Å²) >= 11 is 0. The molecular weight excluding hydrogens is 376 g/mol. The van der Waals surface area contributed by atoms with Gasteiger partial charge in [-0.2, -0.15) is 5.10 Å². The van der Waals surface area contributed by atoms with Crippen LogP contribution in [0.5, 0.6) is 5.75 Å². The van der Waals surface area contributed by atoms with Gasteiger partial charge >= 0.3 is 0 Å². The highest BCUT2D eigenvalue weighted by Gasteiger charge is 2.36. The Morgan fingerprint density at radius 3 is 2.93 bits per heavy atom. The first-order chi connectivity index (χ1) is 14.6. The van der Waals surface area contributed by atoms with Crippen LogP contribution in [-0.2, 0) is 18.4 Å². The molecule has 0 saturated heterocycles. The maximum absolute atomic E-state index is 5.48. The molecule has 162 valence electrons. The maximum Gasteiger partial charge on any atom is 0.191 e. The van der Waals surface area contributed by atoms with Gasteiger partial charge in [-0.25, -0.2) is 9.67 Å². The summed E-state index contributed by atoms with van der Waals surface area (Å²) in [6.45, 7) is 6.54. The molecule has 1 aliphatic heterocycles. The van der Waals surface area contributed by atoms with Crippen LogP contribution in [0.4, 0.5) is 0 Å². The molecule has 0 amide bonds. The van der Waals surface area contributed by atoms with E-state index < -0.39 is 0 Å². The number of guanidine groups is 1. The number of aliphatic imine (C=N–C) groups is 1. The molecule has 1 aromatic carbocycles. The topological polar surface area (TPSA) is 76.4 Å². The van der Waals surface area contributed by atoms with E-state index in [1.807, 2.05) is 17.7 Å². The van der Waals surface area contributed by atoms with Crippen LogP contribution in [-0.4, -0.2) is 47.0 Å². The van der Waals surface area contributed by atoms with Crippen molar-refractivity contribution in [3.05, 3.63) is 41.5 Å². The molecule has 2 heterocycles. The fourth-order valence-corrected chi connectivity index (χ4v) is 4.84. The Labute approximate surface area is 179 Å². The van der Waals surface area contributed by atoms with Crippen molar-refractivity contribution in [3.63, 3.8) is 0 Å². The largest absolute Gasteiger partial charge is 0.497 e. The van der Waals surface area contributed by atoms with Gasteiger partial charge in [-0.05, 0) is 50.8 Å². The second kappa shape index (κ2) is 9.06. The predicted octanol–water partition coefficient (Wildman–Crippen LogP) is 2.98. The first-order valence-corrected chi connectivity index (χ1v) is 11.2. The van der Waals surface area contributed by atoms with E-state index in [4.69, 9.17) is 9.73 Å². The van der Waals surface area contributed by atoms with Crippen LogP contribution < -0.4 is 15.4 Å². The summed E-state index contributed by atoms with van der Waals surface area (Å²) in [5.41, 5.74) is 1.44. The summed E-state index contributed by atoms with van der Waals surface area (Å²) in [7, 11) is 1.73. The Balaban J connectivity index is 1.49. The van der Waals surface area contributed by atoms with Crippen molar-refractivity contribution in [2.45, 2.75) is 70.4 Å². The summed E-state index contributed by atoms with van der Waals surface area (Å²) in [6.07, 6.45) is 6.86. The zero-order chi connectivity index (χ0) is 21.0. The van der Waals surface area contributed by atoms with Gasteiger partial charge in [0, 0.05) is 24.4 Å². The first kappa shape index (κ1) is 20.7. The van der Waals surface area contributed by atoms with Crippen molar-refractivity contribution >= 4 is 5.96 Å². The number of hydrogen-bond acceptors (Lipinski definition) is 4. The minimum atomic E-state index is 0.0969. The number of nitrogens with one attached hydrogen (secondary N) is 2. The van der Waals surface area contributed by atoms with Crippen LogP contribution in [0.25, 0.3) is 0 Å². The number of nitrogens with zero attached hydrogens (tertiary/aromatic N) is 4. The van der Waals surface area contributed by atoms with E-state index in [9.17, 15) is 0 Å². The summed E-state index contributed by atoms with van der Waals surface area (Å²) in [5.74, 6) is 3.77. The summed E-state index contributed by atoms with van der Waals surface area (Å²) in [5, 5.41) is 11.6. The van der Waals surface area contributed by atoms with E-state index in [1.54, 1.807) is 7.11 Å². The molecule has 0 radical (unpaired) electrons. The molecular formula is C23H34N6O. The van der Waals surface area contributed by atoms with Crippen molar-refractivity contribution in [1.29, 1.82) is 0 Å². The fourth-order valence-electron chi connectivity index (χ4n) is 4.84. The van der Waals surface area contributed by atoms with Crippen LogP contribution >= 0.6 is 0 Å². The van der Waals surface area contributed by atoms with E-state index in [2.05, 4.69) is 45.8 Å². The van der Waals surface area contributed by atoms with Crippen molar-refractivity contribution in [2.24, 2.45) is 4.99 Å². The molecule has 1 atom stereocenters. The van der Waals surface area contributed by atoms with Crippen LogP contribution in [0, 0.1) is 6.92 Å². The number of rotatable bonds is 6. The molecule has 0 spiro atoms.